The summed E-state index contributed by atoms with van der Waals surface area (Å²) in [4.78, 5) is 46.7. The highest BCUT2D eigenvalue weighted by Gasteiger charge is 2.48. The minimum absolute atomic E-state index is 0.0208. The Labute approximate surface area is 242 Å². The van der Waals surface area contributed by atoms with Gasteiger partial charge in [-0.1, -0.05) is 0 Å². The number of aromatic nitrogens is 2. The quantitative estimate of drug-likeness (QED) is 0.0544. The lowest BCUT2D eigenvalue weighted by atomic mass is 9.99. The molecule has 20 nitrogen and oxygen atoms in total. The number of thiazole rings is 2. The molecule has 0 spiro atoms. The molecule has 0 radical (unpaired) electrons. The van der Waals surface area contributed by atoms with E-state index in [0.29, 0.717) is 22.7 Å². The van der Waals surface area contributed by atoms with Gasteiger partial charge < -0.3 is 64.7 Å². The van der Waals surface area contributed by atoms with Crippen LogP contribution in [0.4, 0.5) is 20.3 Å². The van der Waals surface area contributed by atoms with Crippen LogP contribution < -0.4 is 0 Å². The summed E-state index contributed by atoms with van der Waals surface area (Å²) >= 11 is 1.20. The molecule has 1 fully saturated rings. The molecule has 8 atom stereocenters. The standard InChI is InChI=1S/C20H24N6O14S2/c1-8(29)37-17-15(31)11(7-28)40-18(16(17)32)39-9(2-21-12-3-23-19(41-12)25(33)34)10(6-27)38-14(30)5-22-13-4-24-20(42-13)26(35)36/h2-5,9-11,14-18,27-28,30-32H,6-7H2,1H3/t9-,10-,11+,14-,15+,16+,17-,18+/m1/s1. The van der Waals surface area contributed by atoms with Gasteiger partial charge in [-0.15, -0.1) is 0 Å². The van der Waals surface area contributed by atoms with Crippen molar-refractivity contribution in [3.8, 4) is 0 Å². The molecular weight excluding hydrogens is 612 g/mol. The van der Waals surface area contributed by atoms with E-state index in [1.54, 1.807) is 0 Å². The summed E-state index contributed by atoms with van der Waals surface area (Å²) < 4.78 is 21.4. The normalized spacial score (nSPS) is 25.0. The highest BCUT2D eigenvalue weighted by molar-refractivity contribution is 7.18. The van der Waals surface area contributed by atoms with Crippen molar-refractivity contribution in [1.82, 2.24) is 9.97 Å². The van der Waals surface area contributed by atoms with Crippen molar-refractivity contribution in [2.75, 3.05) is 13.2 Å². The van der Waals surface area contributed by atoms with Gasteiger partial charge in [-0.25, -0.2) is 9.98 Å². The first-order valence-electron chi connectivity index (χ1n) is 11.6. The summed E-state index contributed by atoms with van der Waals surface area (Å²) in [5, 5.41) is 71.9. The monoisotopic (exact) mass is 636 g/mol. The maximum absolute atomic E-state index is 11.5. The number of hydrogen-bond acceptors (Lipinski definition) is 20. The SMILES string of the molecule is CC(=O)O[C@H]1[C@H](O)[C@@H](O[C@H](C=Nc2cnc([N+](=O)[O-])s2)[C@@H](CO)O[C@@H](O)C=Nc2cnc([N+](=O)[O-])s2)O[C@@H](CO)[C@@H]1O. The summed E-state index contributed by atoms with van der Waals surface area (Å²) in [5.74, 6) is -0.870. The lowest BCUT2D eigenvalue weighted by Crippen LogP contribution is -2.61. The van der Waals surface area contributed by atoms with Crippen molar-refractivity contribution >= 4 is 61.3 Å². The number of esters is 1. The van der Waals surface area contributed by atoms with Crippen LogP contribution in [0.15, 0.2) is 22.4 Å². The molecule has 3 rings (SSSR count). The smallest absolute Gasteiger partial charge is 0.425 e. The number of ether oxygens (including phenoxy) is 4. The lowest BCUT2D eigenvalue weighted by Gasteiger charge is -2.42. The first kappa shape index (κ1) is 33.1. The fourth-order valence-electron chi connectivity index (χ4n) is 3.39. The van der Waals surface area contributed by atoms with Crippen molar-refractivity contribution in [3.05, 3.63) is 32.6 Å². The van der Waals surface area contributed by atoms with E-state index < -0.39 is 88.5 Å². The minimum Gasteiger partial charge on any atom is -0.457 e. The molecule has 0 unspecified atom stereocenters. The van der Waals surface area contributed by atoms with Crippen molar-refractivity contribution < 1.29 is 59.1 Å². The third kappa shape index (κ3) is 8.78. The zero-order valence-electron chi connectivity index (χ0n) is 21.3. The third-order valence-corrected chi connectivity index (χ3v) is 6.94. The van der Waals surface area contributed by atoms with Gasteiger partial charge in [0.25, 0.3) is 0 Å². The number of nitrogens with zero attached hydrogens (tertiary/aromatic N) is 6. The van der Waals surface area contributed by atoms with Crippen LogP contribution in [0.5, 0.6) is 0 Å². The van der Waals surface area contributed by atoms with Gasteiger partial charge in [0, 0.05) is 13.1 Å². The highest BCUT2D eigenvalue weighted by Crippen LogP contribution is 2.30. The number of hydrogen-bond donors (Lipinski definition) is 5. The summed E-state index contributed by atoms with van der Waals surface area (Å²) in [6.45, 7) is -0.621. The van der Waals surface area contributed by atoms with E-state index in [0.717, 1.165) is 31.7 Å². The fraction of sp³-hybridized carbons (Fsp3) is 0.550. The van der Waals surface area contributed by atoms with Crippen LogP contribution in [0.3, 0.4) is 0 Å². The van der Waals surface area contributed by atoms with Crippen LogP contribution in [0.2, 0.25) is 0 Å². The van der Waals surface area contributed by atoms with Gasteiger partial charge in [0.1, 0.15) is 30.5 Å². The molecule has 0 bridgehead atoms. The van der Waals surface area contributed by atoms with Crippen molar-refractivity contribution in [1.29, 1.82) is 0 Å². The van der Waals surface area contributed by atoms with Gasteiger partial charge in [0.15, 0.2) is 41.1 Å². The van der Waals surface area contributed by atoms with Crippen LogP contribution >= 0.6 is 22.7 Å². The third-order valence-electron chi connectivity index (χ3n) is 5.23. The molecule has 22 heteroatoms. The molecule has 2 aromatic heterocycles. The number of nitro groups is 2. The summed E-state index contributed by atoms with van der Waals surface area (Å²) in [7, 11) is 0. The Morgan fingerprint density at radius 3 is 2.14 bits per heavy atom. The minimum atomic E-state index is -1.84. The van der Waals surface area contributed by atoms with Crippen LogP contribution in [0.1, 0.15) is 6.92 Å². The molecule has 1 saturated heterocycles. The zero-order chi connectivity index (χ0) is 31.0. The highest BCUT2D eigenvalue weighted by atomic mass is 32.1. The molecule has 1 aliphatic heterocycles. The topological polar surface area (TPSA) is 292 Å². The molecule has 0 saturated carbocycles. The Hall–Kier alpha value is -3.45. The molecule has 42 heavy (non-hydrogen) atoms. The van der Waals surface area contributed by atoms with E-state index in [9.17, 15) is 50.6 Å². The zero-order valence-corrected chi connectivity index (χ0v) is 22.9. The molecule has 3 heterocycles. The van der Waals surface area contributed by atoms with Gasteiger partial charge in [-0.05, 0) is 42.5 Å². The number of aliphatic hydroxyl groups excluding tert-OH is 5. The van der Waals surface area contributed by atoms with Crippen molar-refractivity contribution in [3.63, 3.8) is 0 Å². The van der Waals surface area contributed by atoms with Crippen LogP contribution in [0, 0.1) is 20.2 Å². The molecule has 0 aliphatic carbocycles. The Kier molecular flexibility index (Phi) is 11.9. The van der Waals surface area contributed by atoms with Gasteiger partial charge in [0.05, 0.1) is 19.4 Å². The predicted molar refractivity (Wildman–Crippen MR) is 140 cm³/mol. The summed E-state index contributed by atoms with van der Waals surface area (Å²) in [5.41, 5.74) is 0. The maximum Gasteiger partial charge on any atom is 0.425 e. The molecule has 230 valence electrons. The molecule has 5 N–H and O–H groups in total. The van der Waals surface area contributed by atoms with Crippen LogP contribution in [-0.4, -0.2) is 126 Å². The van der Waals surface area contributed by atoms with Gasteiger partial charge in [0.2, 0.25) is 0 Å². The second-order valence-corrected chi connectivity index (χ2v) is 10.1. The maximum atomic E-state index is 11.5. The van der Waals surface area contributed by atoms with Crippen LogP contribution in [-0.2, 0) is 23.7 Å². The second-order valence-electron chi connectivity index (χ2n) is 8.16. The average Bonchev–Trinajstić information content (AvgIpc) is 3.62. The van der Waals surface area contributed by atoms with E-state index >= 15 is 0 Å². The van der Waals surface area contributed by atoms with E-state index in [4.69, 9.17) is 18.9 Å². The number of rotatable bonds is 14. The van der Waals surface area contributed by atoms with Gasteiger partial charge in [-0.3, -0.25) is 4.79 Å². The molecule has 0 amide bonds. The van der Waals surface area contributed by atoms with E-state index in [1.165, 1.54) is 0 Å². The Balaban J connectivity index is 1.85. The fourth-order valence-corrected chi connectivity index (χ4v) is 4.57. The Bertz CT molecular complexity index is 1290. The van der Waals surface area contributed by atoms with Gasteiger partial charge >= 0.3 is 16.2 Å². The summed E-state index contributed by atoms with van der Waals surface area (Å²) in [6.07, 6.45) is -9.09. The second kappa shape index (κ2) is 15.1. The number of aliphatic imine (C=N–C) groups is 2. The Morgan fingerprint density at radius 1 is 1.10 bits per heavy atom. The van der Waals surface area contributed by atoms with Crippen LogP contribution in [0.25, 0.3) is 0 Å². The van der Waals surface area contributed by atoms with E-state index in [2.05, 4.69) is 20.0 Å². The molecule has 0 aromatic carbocycles. The van der Waals surface area contributed by atoms with E-state index in [-0.39, 0.29) is 10.0 Å². The average molecular weight is 637 g/mol. The van der Waals surface area contributed by atoms with Crippen molar-refractivity contribution in [2.45, 2.75) is 56.1 Å². The molecular formula is C20H24N6O14S2. The Morgan fingerprint density at radius 2 is 1.67 bits per heavy atom. The van der Waals surface area contributed by atoms with E-state index in [1.807, 2.05) is 0 Å². The molecule has 2 aromatic rings. The molecule has 1 aliphatic rings. The number of carbonyl (C=O) groups is 1. The number of carbonyl (C=O) groups excluding carboxylic acids is 1. The van der Waals surface area contributed by atoms with Gasteiger partial charge in [-0.2, -0.15) is 0 Å². The van der Waals surface area contributed by atoms with Crippen molar-refractivity contribution in [2.24, 2.45) is 9.98 Å². The largest absolute Gasteiger partial charge is 0.457 e. The first-order valence-corrected chi connectivity index (χ1v) is 13.2. The lowest BCUT2D eigenvalue weighted by molar-refractivity contribution is -0.384. The summed E-state index contributed by atoms with van der Waals surface area (Å²) in [6, 6.07) is 0. The first-order chi connectivity index (χ1) is 19.9. The predicted octanol–water partition coefficient (Wildman–Crippen LogP) is -1.03. The number of aliphatic hydroxyl groups is 5.